The molecule has 3 rings (SSSR count). The van der Waals surface area contributed by atoms with Crippen molar-refractivity contribution in [3.05, 3.63) is 53.1 Å². The molecule has 1 N–H and O–H groups in total. The van der Waals surface area contributed by atoms with Crippen molar-refractivity contribution in [3.63, 3.8) is 0 Å². The van der Waals surface area contributed by atoms with Crippen LogP contribution in [0.5, 0.6) is 0 Å². The first-order valence-electron chi connectivity index (χ1n) is 7.44. The van der Waals surface area contributed by atoms with Gasteiger partial charge in [-0.15, -0.1) is 0 Å². The number of benzene rings is 1. The summed E-state index contributed by atoms with van der Waals surface area (Å²) >= 11 is 0. The Hall–Kier alpha value is -2.35. The summed E-state index contributed by atoms with van der Waals surface area (Å²) in [5.74, 6) is 0.159. The smallest absolute Gasteiger partial charge is 0.367 e. The number of aromatic nitrogens is 2. The number of ether oxygens (including phenoxy) is 1. The zero-order valence-corrected chi connectivity index (χ0v) is 12.9. The molecule has 1 saturated heterocycles. The number of carbonyl (C=O) groups is 1. The van der Waals surface area contributed by atoms with Gasteiger partial charge in [0.1, 0.15) is 11.9 Å². The van der Waals surface area contributed by atoms with Crippen LogP contribution in [0.25, 0.3) is 0 Å². The minimum Gasteiger partial charge on any atom is -0.367 e. The van der Waals surface area contributed by atoms with Gasteiger partial charge in [-0.25, -0.2) is 4.98 Å². The highest BCUT2D eigenvalue weighted by Crippen LogP contribution is 2.30. The van der Waals surface area contributed by atoms with Crippen molar-refractivity contribution >= 4 is 5.91 Å². The quantitative estimate of drug-likeness (QED) is 0.915. The van der Waals surface area contributed by atoms with Crippen molar-refractivity contribution in [2.24, 2.45) is 0 Å². The van der Waals surface area contributed by atoms with Crippen LogP contribution in [-0.2, 0) is 10.9 Å². The molecule has 128 valence electrons. The Balaban J connectivity index is 1.77. The van der Waals surface area contributed by atoms with Crippen LogP contribution in [0.3, 0.4) is 0 Å². The number of morpholine rings is 1. The average Bonchev–Trinajstić information content (AvgIpc) is 3.00. The van der Waals surface area contributed by atoms with Gasteiger partial charge in [-0.05, 0) is 25.1 Å². The molecule has 1 amide bonds. The molecule has 0 radical (unpaired) electrons. The molecule has 2 aromatic rings. The third-order valence-electron chi connectivity index (χ3n) is 3.82. The molecule has 8 heteroatoms. The topological polar surface area (TPSA) is 58.2 Å². The van der Waals surface area contributed by atoms with Crippen LogP contribution in [0.2, 0.25) is 0 Å². The molecule has 1 aromatic carbocycles. The summed E-state index contributed by atoms with van der Waals surface area (Å²) in [6.45, 7) is 2.72. The van der Waals surface area contributed by atoms with Crippen LogP contribution in [0.4, 0.5) is 13.2 Å². The zero-order valence-electron chi connectivity index (χ0n) is 12.9. The summed E-state index contributed by atoms with van der Waals surface area (Å²) in [5.41, 5.74) is 0.0517. The fraction of sp³-hybridized carbons (Fsp3) is 0.375. The average molecular weight is 339 g/mol. The maximum absolute atomic E-state index is 12.8. The molecule has 24 heavy (non-hydrogen) atoms. The van der Waals surface area contributed by atoms with Crippen molar-refractivity contribution in [3.8, 4) is 0 Å². The first kappa shape index (κ1) is 16.5. The minimum absolute atomic E-state index is 0.0149. The number of hydrogen-bond donors (Lipinski definition) is 1. The van der Waals surface area contributed by atoms with Crippen LogP contribution in [0.15, 0.2) is 30.5 Å². The molecule has 2 heterocycles. The van der Waals surface area contributed by atoms with E-state index in [1.54, 1.807) is 6.20 Å². The molecule has 0 unspecified atom stereocenters. The first-order valence-corrected chi connectivity index (χ1v) is 7.44. The number of carbonyl (C=O) groups excluding carboxylic acids is 1. The number of imidazole rings is 1. The number of alkyl halides is 3. The Labute approximate surface area is 136 Å². The van der Waals surface area contributed by atoms with E-state index in [9.17, 15) is 18.0 Å². The lowest BCUT2D eigenvalue weighted by molar-refractivity contribution is -0.137. The van der Waals surface area contributed by atoms with Crippen molar-refractivity contribution in [1.29, 1.82) is 0 Å². The predicted octanol–water partition coefficient (Wildman–Crippen LogP) is 2.95. The lowest BCUT2D eigenvalue weighted by Crippen LogP contribution is -2.42. The van der Waals surface area contributed by atoms with Crippen molar-refractivity contribution in [2.45, 2.75) is 19.2 Å². The number of rotatable bonds is 2. The van der Waals surface area contributed by atoms with E-state index in [1.807, 2.05) is 6.92 Å². The minimum atomic E-state index is -4.48. The highest BCUT2D eigenvalue weighted by molar-refractivity contribution is 5.94. The van der Waals surface area contributed by atoms with E-state index < -0.39 is 23.8 Å². The number of amides is 1. The Kier molecular flexibility index (Phi) is 4.31. The number of nitrogens with zero attached hydrogens (tertiary/aromatic N) is 2. The molecule has 0 aliphatic carbocycles. The van der Waals surface area contributed by atoms with Crippen LogP contribution in [0.1, 0.15) is 33.5 Å². The van der Waals surface area contributed by atoms with E-state index in [-0.39, 0.29) is 12.1 Å². The van der Waals surface area contributed by atoms with E-state index >= 15 is 0 Å². The van der Waals surface area contributed by atoms with Crippen LogP contribution in [-0.4, -0.2) is 40.5 Å². The monoisotopic (exact) mass is 339 g/mol. The molecule has 1 aliphatic heterocycles. The van der Waals surface area contributed by atoms with Gasteiger partial charge in [0.2, 0.25) is 0 Å². The number of hydrogen-bond acceptors (Lipinski definition) is 3. The molecule has 5 nitrogen and oxygen atoms in total. The van der Waals surface area contributed by atoms with E-state index in [2.05, 4.69) is 9.97 Å². The second-order valence-electron chi connectivity index (χ2n) is 5.64. The van der Waals surface area contributed by atoms with Gasteiger partial charge in [0, 0.05) is 24.0 Å². The van der Waals surface area contributed by atoms with Crippen LogP contribution < -0.4 is 0 Å². The van der Waals surface area contributed by atoms with E-state index in [4.69, 9.17) is 4.74 Å². The Bertz CT molecular complexity index is 742. The van der Waals surface area contributed by atoms with Gasteiger partial charge in [-0.1, -0.05) is 6.07 Å². The maximum atomic E-state index is 12.8. The normalized spacial score (nSPS) is 18.7. The second kappa shape index (κ2) is 6.27. The van der Waals surface area contributed by atoms with Gasteiger partial charge in [0.05, 0.1) is 18.7 Å². The summed E-state index contributed by atoms with van der Waals surface area (Å²) < 4.78 is 44.0. The fourth-order valence-corrected chi connectivity index (χ4v) is 2.61. The highest BCUT2D eigenvalue weighted by Gasteiger charge is 2.32. The van der Waals surface area contributed by atoms with E-state index in [1.165, 1.54) is 17.0 Å². The molecule has 1 fully saturated rings. The molecular weight excluding hydrogens is 323 g/mol. The van der Waals surface area contributed by atoms with Gasteiger partial charge < -0.3 is 14.6 Å². The van der Waals surface area contributed by atoms with Gasteiger partial charge in [-0.3, -0.25) is 4.79 Å². The summed E-state index contributed by atoms with van der Waals surface area (Å²) in [6.07, 6.45) is -3.23. The number of aromatic amines is 1. The van der Waals surface area contributed by atoms with Gasteiger partial charge in [0.15, 0.2) is 0 Å². The third-order valence-corrected chi connectivity index (χ3v) is 3.82. The molecule has 0 saturated carbocycles. The summed E-state index contributed by atoms with van der Waals surface area (Å²) in [6, 6.07) is 4.46. The summed E-state index contributed by atoms with van der Waals surface area (Å²) in [7, 11) is 0. The third kappa shape index (κ3) is 3.43. The molecule has 1 aromatic heterocycles. The fourth-order valence-electron chi connectivity index (χ4n) is 2.61. The van der Waals surface area contributed by atoms with Crippen LogP contribution in [0, 0.1) is 6.92 Å². The molecule has 1 aliphatic rings. The lowest BCUT2D eigenvalue weighted by atomic mass is 10.1. The van der Waals surface area contributed by atoms with Gasteiger partial charge >= 0.3 is 6.18 Å². The first-order chi connectivity index (χ1) is 11.3. The molecule has 1 atom stereocenters. The molecule has 0 bridgehead atoms. The SMILES string of the molecule is Cc1cnc([C@H]2CN(C(=O)c3cccc(C(F)(F)F)c3)CCO2)[nH]1. The van der Waals surface area contributed by atoms with E-state index in [0.29, 0.717) is 19.0 Å². The van der Waals surface area contributed by atoms with Crippen molar-refractivity contribution in [1.82, 2.24) is 14.9 Å². The zero-order chi connectivity index (χ0) is 17.3. The number of aryl methyl sites for hydroxylation is 1. The highest BCUT2D eigenvalue weighted by atomic mass is 19.4. The van der Waals surface area contributed by atoms with Gasteiger partial charge in [0.25, 0.3) is 5.91 Å². The van der Waals surface area contributed by atoms with Crippen LogP contribution >= 0.6 is 0 Å². The van der Waals surface area contributed by atoms with Gasteiger partial charge in [-0.2, -0.15) is 13.2 Å². The van der Waals surface area contributed by atoms with E-state index in [0.717, 1.165) is 17.8 Å². The molecular formula is C16H16F3N3O2. The predicted molar refractivity (Wildman–Crippen MR) is 79.4 cm³/mol. The maximum Gasteiger partial charge on any atom is 0.416 e. The Morgan fingerprint density at radius 2 is 2.21 bits per heavy atom. The lowest BCUT2D eigenvalue weighted by Gasteiger charge is -2.32. The summed E-state index contributed by atoms with van der Waals surface area (Å²) in [5, 5.41) is 0. The Morgan fingerprint density at radius 3 is 2.88 bits per heavy atom. The second-order valence-corrected chi connectivity index (χ2v) is 5.64. The van der Waals surface area contributed by atoms with Crippen molar-refractivity contribution in [2.75, 3.05) is 19.7 Å². The number of halogens is 3. The van der Waals surface area contributed by atoms with Crippen molar-refractivity contribution < 1.29 is 22.7 Å². The standard InChI is InChI=1S/C16H16F3N3O2/c1-10-8-20-14(21-10)13-9-22(5-6-24-13)15(23)11-3-2-4-12(7-11)16(17,18)19/h2-4,7-8,13H,5-6,9H2,1H3,(H,20,21)/t13-/m1/s1. The largest absolute Gasteiger partial charge is 0.416 e. The Morgan fingerprint density at radius 1 is 1.42 bits per heavy atom. The number of H-pyrrole nitrogens is 1. The number of nitrogens with one attached hydrogen (secondary N) is 1. The molecule has 0 spiro atoms. The summed E-state index contributed by atoms with van der Waals surface area (Å²) in [4.78, 5) is 21.3.